The van der Waals surface area contributed by atoms with E-state index in [-0.39, 0.29) is 21.7 Å². The maximum absolute atomic E-state index is 6.89. The molecule has 0 atom stereocenters. The van der Waals surface area contributed by atoms with Gasteiger partial charge in [0.05, 0.1) is 93.0 Å². The lowest BCUT2D eigenvalue weighted by Crippen LogP contribution is -2.16. The summed E-state index contributed by atoms with van der Waals surface area (Å²) in [5.74, 6) is 3.24. The maximum atomic E-state index is 6.89. The summed E-state index contributed by atoms with van der Waals surface area (Å²) >= 11 is 6.78. The van der Waals surface area contributed by atoms with Gasteiger partial charge in [-0.3, -0.25) is 0 Å². The molecule has 2 aliphatic rings. The van der Waals surface area contributed by atoms with Crippen molar-refractivity contribution < 1.29 is 33.2 Å². The summed E-state index contributed by atoms with van der Waals surface area (Å²) in [7, 11) is 3.56. The molecule has 2 aliphatic heterocycles. The fourth-order valence-corrected chi connectivity index (χ4v) is 11.6. The molecule has 0 aliphatic carbocycles. The minimum Gasteiger partial charge on any atom is -0.494 e. The fourth-order valence-electron chi connectivity index (χ4n) is 6.75. The average molecular weight is 907 g/mol. The van der Waals surface area contributed by atoms with Crippen LogP contribution in [0.25, 0.3) is 0 Å². The molecule has 7 nitrogen and oxygen atoms in total. The number of methoxy groups -OCH3 is 2. The smallest absolute Gasteiger partial charge is 0.147 e. The Bertz CT molecular complexity index is 1920. The summed E-state index contributed by atoms with van der Waals surface area (Å²) in [6, 6.07) is 18.4. The van der Waals surface area contributed by atoms with Crippen molar-refractivity contribution in [2.24, 2.45) is 0 Å². The summed E-state index contributed by atoms with van der Waals surface area (Å²) in [4.78, 5) is 8.09. The third-order valence-corrected chi connectivity index (χ3v) is 14.7. The largest absolute Gasteiger partial charge is 0.494 e. The molecule has 0 spiro atoms. The molecule has 2 heterocycles. The van der Waals surface area contributed by atoms with Crippen molar-refractivity contribution >= 4 is 47.0 Å². The van der Waals surface area contributed by atoms with E-state index >= 15 is 0 Å². The zero-order chi connectivity index (χ0) is 44.3. The van der Waals surface area contributed by atoms with Crippen molar-refractivity contribution in [1.29, 1.82) is 0 Å². The van der Waals surface area contributed by atoms with Gasteiger partial charge in [0.1, 0.15) is 36.2 Å². The van der Waals surface area contributed by atoms with E-state index < -0.39 is 0 Å². The van der Waals surface area contributed by atoms with Crippen LogP contribution >= 0.6 is 47.0 Å². The zero-order valence-corrected chi connectivity index (χ0v) is 42.0. The Hall–Kier alpha value is -2.64. The molecule has 6 rings (SSSR count). The first-order valence-corrected chi connectivity index (χ1v) is 24.5. The number of ether oxygens (including phenoxy) is 7. The Morgan fingerprint density at radius 2 is 0.557 bits per heavy atom. The van der Waals surface area contributed by atoms with Gasteiger partial charge in [0.15, 0.2) is 0 Å². The Morgan fingerprint density at radius 1 is 0.344 bits per heavy atom. The highest BCUT2D eigenvalue weighted by Gasteiger charge is 2.30. The van der Waals surface area contributed by atoms with E-state index in [2.05, 4.69) is 132 Å². The SMILES string of the molecule is COc1c2cc(C(C)(C)C)cc1Sc1cc(C(C)(C)C)cc3c1OCCOCCOCCOCCOc1c(cc(C(C)(C)C)cc1Sc1cc(C(C)(C)C)cc(c1OC)S3)S2. The molecule has 0 amide bonds. The van der Waals surface area contributed by atoms with Gasteiger partial charge in [0.25, 0.3) is 0 Å². The summed E-state index contributed by atoms with van der Waals surface area (Å²) in [5.41, 5.74) is 4.23. The number of rotatable bonds is 2. The van der Waals surface area contributed by atoms with Crippen molar-refractivity contribution in [3.05, 3.63) is 70.8 Å². The normalized spacial score (nSPS) is 16.3. The van der Waals surface area contributed by atoms with E-state index in [4.69, 9.17) is 33.2 Å². The van der Waals surface area contributed by atoms with E-state index in [9.17, 15) is 0 Å². The summed E-state index contributed by atoms with van der Waals surface area (Å²) in [6.07, 6.45) is 0. The molecule has 0 saturated carbocycles. The summed E-state index contributed by atoms with van der Waals surface area (Å²) < 4.78 is 44.6. The third-order valence-electron chi connectivity index (χ3n) is 10.5. The summed E-state index contributed by atoms with van der Waals surface area (Å²) in [6.45, 7) is 30.6. The van der Waals surface area contributed by atoms with Crippen LogP contribution in [0.2, 0.25) is 0 Å². The van der Waals surface area contributed by atoms with Crippen molar-refractivity contribution in [2.75, 3.05) is 67.1 Å². The van der Waals surface area contributed by atoms with Crippen LogP contribution in [0.4, 0.5) is 0 Å². The van der Waals surface area contributed by atoms with E-state index in [0.717, 1.165) is 62.2 Å². The Morgan fingerprint density at radius 3 is 0.770 bits per heavy atom. The van der Waals surface area contributed by atoms with Crippen LogP contribution in [0.3, 0.4) is 0 Å². The Balaban J connectivity index is 1.75. The first-order chi connectivity index (χ1) is 28.7. The van der Waals surface area contributed by atoms with E-state index in [0.29, 0.717) is 52.9 Å². The molecule has 0 unspecified atom stereocenters. The van der Waals surface area contributed by atoms with Crippen molar-refractivity contribution in [3.63, 3.8) is 0 Å². The number of benzene rings is 4. The Kier molecular flexibility index (Phi) is 15.4. The molecule has 332 valence electrons. The van der Waals surface area contributed by atoms with Gasteiger partial charge in [-0.05, 0) is 92.4 Å². The summed E-state index contributed by atoms with van der Waals surface area (Å²) in [5, 5.41) is 0. The van der Waals surface area contributed by atoms with Crippen LogP contribution in [0.15, 0.2) is 87.7 Å². The molecular formula is C50H66O7S4. The van der Waals surface area contributed by atoms with Crippen LogP contribution in [0.5, 0.6) is 23.0 Å². The van der Waals surface area contributed by atoms with Gasteiger partial charge in [-0.15, -0.1) is 0 Å². The van der Waals surface area contributed by atoms with Gasteiger partial charge in [-0.1, -0.05) is 130 Å². The molecule has 4 aromatic rings. The molecule has 11 heteroatoms. The molecule has 0 aromatic heterocycles. The molecule has 4 aromatic carbocycles. The highest BCUT2D eigenvalue weighted by Crippen LogP contribution is 2.56. The lowest BCUT2D eigenvalue weighted by molar-refractivity contribution is 0.00450. The second-order valence-electron chi connectivity index (χ2n) is 19.6. The van der Waals surface area contributed by atoms with Gasteiger partial charge in [0, 0.05) is 0 Å². The van der Waals surface area contributed by atoms with Gasteiger partial charge >= 0.3 is 0 Å². The monoisotopic (exact) mass is 906 g/mol. The fraction of sp³-hybridized carbons (Fsp3) is 0.520. The van der Waals surface area contributed by atoms with Crippen molar-refractivity contribution in [1.82, 2.24) is 0 Å². The van der Waals surface area contributed by atoms with E-state index in [1.54, 1.807) is 61.3 Å². The van der Waals surface area contributed by atoms with Crippen molar-refractivity contribution in [3.8, 4) is 23.0 Å². The van der Waals surface area contributed by atoms with Gasteiger partial charge in [-0.25, -0.2) is 0 Å². The van der Waals surface area contributed by atoms with E-state index in [1.807, 2.05) is 0 Å². The first-order valence-electron chi connectivity index (χ1n) is 21.2. The predicted molar refractivity (Wildman–Crippen MR) is 254 cm³/mol. The quantitative estimate of drug-likeness (QED) is 0.170. The Labute approximate surface area is 382 Å². The maximum Gasteiger partial charge on any atom is 0.147 e. The number of fused-ring (bicyclic) bond motifs is 2. The second kappa shape index (κ2) is 19.6. The highest BCUT2D eigenvalue weighted by atomic mass is 32.2. The standard InChI is InChI=1S/C50H66O7S4/c1-47(2,3)31-23-35-43(51-13)36(24-31)59-40-28-34(50(10,11)12)30-42-46(40)57-22-20-55-18-16-53-15-17-54-19-21-56-45-39(58-35)27-33(49(7,8)9)29-41(45)60-37-25-32(48(4,5)6)26-38(61-42)44(37)52-14/h23-30H,15-22H2,1-14H3. The van der Waals surface area contributed by atoms with Crippen LogP contribution in [0, 0.1) is 0 Å². The molecule has 0 fully saturated rings. The molecule has 0 saturated heterocycles. The van der Waals surface area contributed by atoms with Crippen LogP contribution in [-0.2, 0) is 35.9 Å². The van der Waals surface area contributed by atoms with Crippen LogP contribution < -0.4 is 18.9 Å². The molecule has 61 heavy (non-hydrogen) atoms. The van der Waals surface area contributed by atoms with Crippen LogP contribution in [0.1, 0.15) is 105 Å². The zero-order valence-electron chi connectivity index (χ0n) is 38.8. The number of hydrogen-bond donors (Lipinski definition) is 0. The first kappa shape index (κ1) is 47.8. The molecule has 0 N–H and O–H groups in total. The molecular weight excluding hydrogens is 841 g/mol. The van der Waals surface area contributed by atoms with Crippen molar-refractivity contribution in [2.45, 2.75) is 144 Å². The predicted octanol–water partition coefficient (Wildman–Crippen LogP) is 13.6. The average Bonchev–Trinajstić information content (AvgIpc) is 3.15. The van der Waals surface area contributed by atoms with Crippen LogP contribution in [-0.4, -0.2) is 67.1 Å². The number of hydrogen-bond acceptors (Lipinski definition) is 11. The highest BCUT2D eigenvalue weighted by molar-refractivity contribution is 8.01. The minimum atomic E-state index is -0.151. The third kappa shape index (κ3) is 11.9. The van der Waals surface area contributed by atoms with E-state index in [1.165, 1.54) is 22.3 Å². The van der Waals surface area contributed by atoms with Gasteiger partial charge < -0.3 is 33.2 Å². The lowest BCUT2D eigenvalue weighted by Gasteiger charge is -2.28. The second-order valence-corrected chi connectivity index (χ2v) is 23.9. The lowest BCUT2D eigenvalue weighted by atomic mass is 9.87. The molecule has 0 radical (unpaired) electrons. The van der Waals surface area contributed by atoms with Gasteiger partial charge in [0.2, 0.25) is 0 Å². The minimum absolute atomic E-state index is 0.146. The topological polar surface area (TPSA) is 64.6 Å². The molecule has 10 bridgehead atoms. The van der Waals surface area contributed by atoms with Gasteiger partial charge in [-0.2, -0.15) is 0 Å².